The Morgan fingerprint density at radius 3 is 2.33 bits per heavy atom. The van der Waals surface area contributed by atoms with E-state index in [1.54, 1.807) is 0 Å². The fraction of sp³-hybridized carbons (Fsp3) is 0.917. The van der Waals surface area contributed by atoms with Crippen molar-refractivity contribution in [2.45, 2.75) is 47.1 Å². The van der Waals surface area contributed by atoms with Crippen LogP contribution in [0.15, 0.2) is 0 Å². The Bertz CT molecular complexity index is 253. The summed E-state index contributed by atoms with van der Waals surface area (Å²) >= 11 is 0. The molecule has 2 N–H and O–H groups in total. The third kappa shape index (κ3) is 3.20. The molecule has 0 spiro atoms. The largest absolute Gasteiger partial charge is 0.391 e. The highest BCUT2D eigenvalue weighted by Crippen LogP contribution is 2.51. The van der Waals surface area contributed by atoms with Crippen molar-refractivity contribution in [1.29, 1.82) is 0 Å². The first kappa shape index (κ1) is 12.5. The first-order valence-electron chi connectivity index (χ1n) is 5.60. The second kappa shape index (κ2) is 3.78. The molecule has 3 nitrogen and oxygen atoms in total. The highest BCUT2D eigenvalue weighted by atomic mass is 16.3. The molecule has 88 valence electrons. The Kier molecular flexibility index (Phi) is 3.15. The molecule has 3 heteroatoms. The number of carbonyl (C=O) groups is 1. The normalized spacial score (nSPS) is 25.9. The van der Waals surface area contributed by atoms with Crippen molar-refractivity contribution in [3.63, 3.8) is 0 Å². The minimum absolute atomic E-state index is 0.0864. The molecular formula is C12H23NO2. The van der Waals surface area contributed by atoms with E-state index in [2.05, 4.69) is 19.2 Å². The highest BCUT2D eigenvalue weighted by molar-refractivity contribution is 5.82. The number of rotatable bonds is 3. The standard InChI is InChI=1S/C12H23NO2/c1-11(2,3)9(14)7-13-10(15)8-6-12(8,4)5/h8-9,14H,6-7H2,1-5H3,(H,13,15). The van der Waals surface area contributed by atoms with Gasteiger partial charge >= 0.3 is 0 Å². The second-order valence-electron chi connectivity index (χ2n) is 6.37. The molecule has 0 bridgehead atoms. The Labute approximate surface area is 92.3 Å². The second-order valence-corrected chi connectivity index (χ2v) is 6.37. The van der Waals surface area contributed by atoms with Gasteiger partial charge in [0.2, 0.25) is 5.91 Å². The molecule has 0 saturated heterocycles. The molecule has 0 aromatic carbocycles. The average Bonchev–Trinajstić information content (AvgIpc) is 2.68. The fourth-order valence-corrected chi connectivity index (χ4v) is 1.54. The lowest BCUT2D eigenvalue weighted by Crippen LogP contribution is -2.40. The SMILES string of the molecule is CC(C)(C)C(O)CNC(=O)C1CC1(C)C. The smallest absolute Gasteiger partial charge is 0.223 e. The first-order chi connectivity index (χ1) is 6.64. The van der Waals surface area contributed by atoms with Crippen LogP contribution < -0.4 is 5.32 Å². The van der Waals surface area contributed by atoms with E-state index < -0.39 is 6.10 Å². The van der Waals surface area contributed by atoms with Crippen LogP contribution in [0, 0.1) is 16.7 Å². The quantitative estimate of drug-likeness (QED) is 0.747. The van der Waals surface area contributed by atoms with E-state index in [1.165, 1.54) is 0 Å². The molecule has 15 heavy (non-hydrogen) atoms. The molecule has 1 aliphatic carbocycles. The lowest BCUT2D eigenvalue weighted by molar-refractivity contribution is -0.123. The predicted molar refractivity (Wildman–Crippen MR) is 60.4 cm³/mol. The Morgan fingerprint density at radius 1 is 1.53 bits per heavy atom. The van der Waals surface area contributed by atoms with Crippen LogP contribution in [0.25, 0.3) is 0 Å². The number of aliphatic hydroxyl groups excluding tert-OH is 1. The van der Waals surface area contributed by atoms with Crippen LogP contribution >= 0.6 is 0 Å². The molecule has 1 saturated carbocycles. The summed E-state index contributed by atoms with van der Waals surface area (Å²) in [5.74, 6) is 0.230. The molecular weight excluding hydrogens is 190 g/mol. The monoisotopic (exact) mass is 213 g/mol. The predicted octanol–water partition coefficient (Wildman–Crippen LogP) is 1.56. The van der Waals surface area contributed by atoms with Gasteiger partial charge in [-0.1, -0.05) is 34.6 Å². The third-order valence-electron chi connectivity index (χ3n) is 3.30. The van der Waals surface area contributed by atoms with E-state index in [0.29, 0.717) is 6.54 Å². The molecule has 0 heterocycles. The van der Waals surface area contributed by atoms with Crippen molar-refractivity contribution in [2.24, 2.45) is 16.7 Å². The van der Waals surface area contributed by atoms with Gasteiger partial charge in [-0.2, -0.15) is 0 Å². The van der Waals surface area contributed by atoms with Crippen molar-refractivity contribution in [3.8, 4) is 0 Å². The van der Waals surface area contributed by atoms with Crippen LogP contribution in [0.1, 0.15) is 41.0 Å². The molecule has 0 aliphatic heterocycles. The zero-order valence-electron chi connectivity index (χ0n) is 10.4. The van der Waals surface area contributed by atoms with Gasteiger partial charge in [0.05, 0.1) is 6.10 Å². The van der Waals surface area contributed by atoms with E-state index in [1.807, 2.05) is 20.8 Å². The van der Waals surface area contributed by atoms with Gasteiger partial charge < -0.3 is 10.4 Å². The lowest BCUT2D eigenvalue weighted by Gasteiger charge is -2.26. The molecule has 1 rings (SSSR count). The first-order valence-corrected chi connectivity index (χ1v) is 5.60. The summed E-state index contributed by atoms with van der Waals surface area (Å²) in [5.41, 5.74) is -0.0108. The Morgan fingerprint density at radius 2 is 2.00 bits per heavy atom. The van der Waals surface area contributed by atoms with Crippen LogP contribution in [0.3, 0.4) is 0 Å². The van der Waals surface area contributed by atoms with E-state index in [0.717, 1.165) is 6.42 Å². The van der Waals surface area contributed by atoms with Crippen molar-refractivity contribution in [3.05, 3.63) is 0 Å². The highest BCUT2D eigenvalue weighted by Gasteiger charge is 2.50. The van der Waals surface area contributed by atoms with Gasteiger partial charge in [-0.3, -0.25) is 4.79 Å². The summed E-state index contributed by atoms with van der Waals surface area (Å²) in [4.78, 5) is 11.6. The summed E-state index contributed by atoms with van der Waals surface area (Å²) in [6.07, 6.45) is 0.480. The molecule has 2 unspecified atom stereocenters. The maximum atomic E-state index is 11.6. The van der Waals surface area contributed by atoms with Crippen molar-refractivity contribution < 1.29 is 9.90 Å². The minimum Gasteiger partial charge on any atom is -0.391 e. The van der Waals surface area contributed by atoms with Crippen LogP contribution in [0.5, 0.6) is 0 Å². The molecule has 1 fully saturated rings. The van der Waals surface area contributed by atoms with Gasteiger partial charge in [0.15, 0.2) is 0 Å². The number of carbonyl (C=O) groups excluding carboxylic acids is 1. The molecule has 1 aliphatic rings. The van der Waals surface area contributed by atoms with Gasteiger partial charge in [-0.25, -0.2) is 0 Å². The van der Waals surface area contributed by atoms with E-state index in [9.17, 15) is 9.90 Å². The number of nitrogens with one attached hydrogen (secondary N) is 1. The van der Waals surface area contributed by atoms with Crippen molar-refractivity contribution >= 4 is 5.91 Å². The Balaban J connectivity index is 2.30. The van der Waals surface area contributed by atoms with E-state index in [-0.39, 0.29) is 22.7 Å². The molecule has 0 aromatic rings. The van der Waals surface area contributed by atoms with Crippen LogP contribution in [0.4, 0.5) is 0 Å². The van der Waals surface area contributed by atoms with Gasteiger partial charge in [-0.05, 0) is 17.3 Å². The number of hydrogen-bond acceptors (Lipinski definition) is 2. The van der Waals surface area contributed by atoms with Gasteiger partial charge in [0.25, 0.3) is 0 Å². The summed E-state index contributed by atoms with van der Waals surface area (Å²) < 4.78 is 0. The summed E-state index contributed by atoms with van der Waals surface area (Å²) in [5, 5.41) is 12.6. The van der Waals surface area contributed by atoms with Gasteiger partial charge in [-0.15, -0.1) is 0 Å². The van der Waals surface area contributed by atoms with Gasteiger partial charge in [0.1, 0.15) is 0 Å². The van der Waals surface area contributed by atoms with E-state index in [4.69, 9.17) is 0 Å². The summed E-state index contributed by atoms with van der Waals surface area (Å²) in [6, 6.07) is 0. The lowest BCUT2D eigenvalue weighted by atomic mass is 9.89. The zero-order chi connectivity index (χ0) is 11.9. The number of amides is 1. The number of aliphatic hydroxyl groups is 1. The average molecular weight is 213 g/mol. The third-order valence-corrected chi connectivity index (χ3v) is 3.30. The topological polar surface area (TPSA) is 49.3 Å². The molecule has 0 radical (unpaired) electrons. The van der Waals surface area contributed by atoms with Crippen LogP contribution in [0.2, 0.25) is 0 Å². The Hall–Kier alpha value is -0.570. The number of hydrogen-bond donors (Lipinski definition) is 2. The zero-order valence-corrected chi connectivity index (χ0v) is 10.4. The van der Waals surface area contributed by atoms with Gasteiger partial charge in [0, 0.05) is 12.5 Å². The summed E-state index contributed by atoms with van der Waals surface area (Å²) in [7, 11) is 0. The maximum absolute atomic E-state index is 11.6. The molecule has 0 aromatic heterocycles. The van der Waals surface area contributed by atoms with Crippen molar-refractivity contribution in [2.75, 3.05) is 6.54 Å². The van der Waals surface area contributed by atoms with Crippen molar-refractivity contribution in [1.82, 2.24) is 5.32 Å². The fourth-order valence-electron chi connectivity index (χ4n) is 1.54. The summed E-state index contributed by atoms with van der Waals surface area (Å²) in [6.45, 7) is 10.4. The molecule has 1 amide bonds. The maximum Gasteiger partial charge on any atom is 0.223 e. The van der Waals surface area contributed by atoms with E-state index >= 15 is 0 Å². The molecule has 2 atom stereocenters. The van der Waals surface area contributed by atoms with Crippen LogP contribution in [-0.4, -0.2) is 23.7 Å². The van der Waals surface area contributed by atoms with Crippen LogP contribution in [-0.2, 0) is 4.79 Å². The minimum atomic E-state index is -0.483.